The number of pyridine rings is 1. The average molecular weight is 413 g/mol. The fourth-order valence-corrected chi connectivity index (χ4v) is 3.57. The van der Waals surface area contributed by atoms with Gasteiger partial charge in [0.2, 0.25) is 5.91 Å². The molecular formula is C19H17ClN6OS. The van der Waals surface area contributed by atoms with Crippen molar-refractivity contribution in [2.45, 2.75) is 11.6 Å². The maximum Gasteiger partial charge on any atom is 0.237 e. The molecule has 0 N–H and O–H groups in total. The molecule has 0 radical (unpaired) electrons. The topological polar surface area (TPSA) is 87.7 Å². The first-order valence-corrected chi connectivity index (χ1v) is 9.82. The van der Waals surface area contributed by atoms with Gasteiger partial charge in [-0.25, -0.2) is 0 Å². The van der Waals surface area contributed by atoms with Crippen molar-refractivity contribution in [2.24, 2.45) is 7.05 Å². The maximum atomic E-state index is 12.8. The number of nitriles is 1. The summed E-state index contributed by atoms with van der Waals surface area (Å²) in [6, 6.07) is 12.8. The van der Waals surface area contributed by atoms with Crippen LogP contribution < -0.4 is 4.90 Å². The lowest BCUT2D eigenvalue weighted by Gasteiger charge is -2.21. The van der Waals surface area contributed by atoms with Crippen molar-refractivity contribution in [3.8, 4) is 17.5 Å². The smallest absolute Gasteiger partial charge is 0.237 e. The van der Waals surface area contributed by atoms with E-state index in [-0.39, 0.29) is 18.1 Å². The first kappa shape index (κ1) is 19.9. The Labute approximate surface area is 172 Å². The molecule has 3 aromatic rings. The van der Waals surface area contributed by atoms with Crippen LogP contribution in [0.5, 0.6) is 0 Å². The van der Waals surface area contributed by atoms with Crippen LogP contribution in [-0.2, 0) is 11.8 Å². The Morgan fingerprint density at radius 1 is 1.29 bits per heavy atom. The number of anilines is 1. The molecule has 0 unspecified atom stereocenters. The van der Waals surface area contributed by atoms with E-state index in [2.05, 4.69) is 21.3 Å². The number of carbonyl (C=O) groups excluding carboxylic acids is 1. The van der Waals surface area contributed by atoms with Crippen molar-refractivity contribution < 1.29 is 4.79 Å². The fourth-order valence-electron chi connectivity index (χ4n) is 2.60. The Balaban J connectivity index is 1.73. The highest BCUT2D eigenvalue weighted by Crippen LogP contribution is 2.24. The van der Waals surface area contributed by atoms with Gasteiger partial charge in [0.15, 0.2) is 11.0 Å². The number of benzene rings is 1. The minimum Gasteiger partial charge on any atom is -0.311 e. The van der Waals surface area contributed by atoms with Gasteiger partial charge in [-0.15, -0.1) is 10.2 Å². The molecule has 3 rings (SSSR count). The Morgan fingerprint density at radius 2 is 2.07 bits per heavy atom. The van der Waals surface area contributed by atoms with Crippen LogP contribution in [-0.4, -0.2) is 38.0 Å². The van der Waals surface area contributed by atoms with Crippen LogP contribution in [0.2, 0.25) is 5.02 Å². The van der Waals surface area contributed by atoms with Gasteiger partial charge < -0.3 is 9.47 Å². The molecule has 0 saturated heterocycles. The molecule has 0 spiro atoms. The SMILES string of the molecule is Cn1c(SCC(=O)N(CCC#N)c2cccc(Cl)c2)nnc1-c1ccncc1. The van der Waals surface area contributed by atoms with Crippen molar-refractivity contribution in [2.75, 3.05) is 17.2 Å². The van der Waals surface area contributed by atoms with Crippen LogP contribution in [0.3, 0.4) is 0 Å². The van der Waals surface area contributed by atoms with Gasteiger partial charge >= 0.3 is 0 Å². The molecule has 2 aromatic heterocycles. The summed E-state index contributed by atoms with van der Waals surface area (Å²) in [6.07, 6.45) is 3.62. The minimum atomic E-state index is -0.129. The molecule has 1 amide bonds. The number of carbonyl (C=O) groups is 1. The molecule has 0 fully saturated rings. The number of halogens is 1. The van der Waals surface area contributed by atoms with E-state index in [1.165, 1.54) is 11.8 Å². The van der Waals surface area contributed by atoms with Gasteiger partial charge in [-0.2, -0.15) is 5.26 Å². The molecule has 7 nitrogen and oxygen atoms in total. The third-order valence-electron chi connectivity index (χ3n) is 3.97. The van der Waals surface area contributed by atoms with Crippen molar-refractivity contribution >= 4 is 35.0 Å². The van der Waals surface area contributed by atoms with Crippen molar-refractivity contribution in [3.05, 3.63) is 53.8 Å². The van der Waals surface area contributed by atoms with Crippen LogP contribution in [0.1, 0.15) is 6.42 Å². The zero-order valence-electron chi connectivity index (χ0n) is 15.1. The quantitative estimate of drug-likeness (QED) is 0.551. The largest absolute Gasteiger partial charge is 0.311 e. The van der Waals surface area contributed by atoms with Crippen molar-refractivity contribution in [1.82, 2.24) is 19.7 Å². The molecular weight excluding hydrogens is 396 g/mol. The Bertz CT molecular complexity index is 1000. The summed E-state index contributed by atoms with van der Waals surface area (Å²) in [5, 5.41) is 18.5. The number of nitrogens with zero attached hydrogens (tertiary/aromatic N) is 6. The highest BCUT2D eigenvalue weighted by atomic mass is 35.5. The molecule has 0 atom stereocenters. The van der Waals surface area contributed by atoms with E-state index >= 15 is 0 Å². The summed E-state index contributed by atoms with van der Waals surface area (Å²) in [6.45, 7) is 0.303. The molecule has 2 heterocycles. The van der Waals surface area contributed by atoms with Crippen LogP contribution in [0.4, 0.5) is 5.69 Å². The average Bonchev–Trinajstić information content (AvgIpc) is 3.08. The third kappa shape index (κ3) is 4.68. The second-order valence-corrected chi connectivity index (χ2v) is 7.20. The number of aromatic nitrogens is 4. The van der Waals surface area contributed by atoms with Gasteiger partial charge in [-0.3, -0.25) is 9.78 Å². The standard InChI is InChI=1S/C19H17ClN6OS/c1-25-18(14-6-9-22-10-7-14)23-24-19(25)28-13-17(27)26(11-3-8-21)16-5-2-4-15(20)12-16/h2,4-7,9-10,12H,3,11,13H2,1H3. The molecule has 1 aromatic carbocycles. The normalized spacial score (nSPS) is 10.5. The summed E-state index contributed by atoms with van der Waals surface area (Å²) in [7, 11) is 1.85. The van der Waals surface area contributed by atoms with Gasteiger partial charge in [0, 0.05) is 42.3 Å². The van der Waals surface area contributed by atoms with E-state index < -0.39 is 0 Å². The monoisotopic (exact) mass is 412 g/mol. The summed E-state index contributed by atoms with van der Waals surface area (Å²) in [5.41, 5.74) is 1.57. The zero-order valence-corrected chi connectivity index (χ0v) is 16.7. The highest BCUT2D eigenvalue weighted by Gasteiger charge is 2.18. The van der Waals surface area contributed by atoms with E-state index in [0.717, 1.165) is 5.56 Å². The lowest BCUT2D eigenvalue weighted by atomic mass is 10.2. The zero-order chi connectivity index (χ0) is 19.9. The van der Waals surface area contributed by atoms with Crippen LogP contribution in [0.25, 0.3) is 11.4 Å². The molecule has 28 heavy (non-hydrogen) atoms. The summed E-state index contributed by atoms with van der Waals surface area (Å²) < 4.78 is 1.84. The van der Waals surface area contributed by atoms with Gasteiger partial charge in [0.05, 0.1) is 18.2 Å². The highest BCUT2D eigenvalue weighted by molar-refractivity contribution is 7.99. The van der Waals surface area contributed by atoms with E-state index in [9.17, 15) is 4.79 Å². The number of amides is 1. The number of thioether (sulfide) groups is 1. The maximum absolute atomic E-state index is 12.8. The minimum absolute atomic E-state index is 0.129. The molecule has 0 aliphatic rings. The Hall–Kier alpha value is -2.89. The third-order valence-corrected chi connectivity index (χ3v) is 5.21. The van der Waals surface area contributed by atoms with E-state index in [4.69, 9.17) is 16.9 Å². The summed E-state index contributed by atoms with van der Waals surface area (Å²) in [5.74, 6) is 0.741. The first-order valence-electron chi connectivity index (χ1n) is 8.45. The fraction of sp³-hybridized carbons (Fsp3) is 0.211. The van der Waals surface area contributed by atoms with E-state index in [1.807, 2.05) is 23.7 Å². The van der Waals surface area contributed by atoms with Crippen LogP contribution >= 0.6 is 23.4 Å². The predicted molar refractivity (Wildman–Crippen MR) is 109 cm³/mol. The second-order valence-electron chi connectivity index (χ2n) is 5.82. The van der Waals surface area contributed by atoms with Crippen LogP contribution in [0, 0.1) is 11.3 Å². The Kier molecular flexibility index (Phi) is 6.63. The van der Waals surface area contributed by atoms with Crippen LogP contribution in [0.15, 0.2) is 53.9 Å². The van der Waals surface area contributed by atoms with Gasteiger partial charge in [0.25, 0.3) is 0 Å². The Morgan fingerprint density at radius 3 is 2.79 bits per heavy atom. The molecule has 0 saturated carbocycles. The molecule has 0 bridgehead atoms. The second kappa shape index (κ2) is 9.35. The molecule has 9 heteroatoms. The number of hydrogen-bond acceptors (Lipinski definition) is 6. The van der Waals surface area contributed by atoms with Gasteiger partial charge in [-0.1, -0.05) is 29.4 Å². The lowest BCUT2D eigenvalue weighted by Crippen LogP contribution is -2.33. The number of rotatable bonds is 7. The van der Waals surface area contributed by atoms with Crippen molar-refractivity contribution in [3.63, 3.8) is 0 Å². The summed E-state index contributed by atoms with van der Waals surface area (Å²) >= 11 is 7.35. The van der Waals surface area contributed by atoms with E-state index in [0.29, 0.717) is 28.2 Å². The van der Waals surface area contributed by atoms with Crippen molar-refractivity contribution in [1.29, 1.82) is 5.26 Å². The number of hydrogen-bond donors (Lipinski definition) is 0. The predicted octanol–water partition coefficient (Wildman–Crippen LogP) is 3.57. The van der Waals surface area contributed by atoms with Gasteiger partial charge in [-0.05, 0) is 30.3 Å². The molecule has 0 aliphatic heterocycles. The van der Waals surface area contributed by atoms with Gasteiger partial charge in [0.1, 0.15) is 0 Å². The molecule has 142 valence electrons. The lowest BCUT2D eigenvalue weighted by molar-refractivity contribution is -0.116. The first-order chi connectivity index (χ1) is 13.6. The van der Waals surface area contributed by atoms with E-state index in [1.54, 1.807) is 41.6 Å². The summed E-state index contributed by atoms with van der Waals surface area (Å²) in [4.78, 5) is 18.4. The molecule has 0 aliphatic carbocycles.